The minimum atomic E-state index is 0. The van der Waals surface area contributed by atoms with Gasteiger partial charge in [0.05, 0.1) is 12.2 Å². The van der Waals surface area contributed by atoms with Gasteiger partial charge >= 0.3 is 0 Å². The van der Waals surface area contributed by atoms with Gasteiger partial charge in [-0.3, -0.25) is 4.79 Å². The maximum Gasteiger partial charge on any atom is 0.222 e. The van der Waals surface area contributed by atoms with E-state index in [1.165, 1.54) is 0 Å². The van der Waals surface area contributed by atoms with Crippen molar-refractivity contribution in [3.05, 3.63) is 0 Å². The fraction of sp³-hybridized carbons (Fsp3) is 0.933. The molecule has 20 heavy (non-hydrogen) atoms. The van der Waals surface area contributed by atoms with E-state index in [0.29, 0.717) is 31.1 Å². The molecular formula is C15H29ClN2O2. The number of hydrogen-bond acceptors (Lipinski definition) is 3. The van der Waals surface area contributed by atoms with Crippen LogP contribution in [0.1, 0.15) is 52.4 Å². The predicted molar refractivity (Wildman–Crippen MR) is 83.0 cm³/mol. The molecule has 2 rings (SSSR count). The van der Waals surface area contributed by atoms with Gasteiger partial charge in [-0.2, -0.15) is 0 Å². The van der Waals surface area contributed by atoms with E-state index in [-0.39, 0.29) is 24.4 Å². The van der Waals surface area contributed by atoms with E-state index < -0.39 is 0 Å². The quantitative estimate of drug-likeness (QED) is 0.867. The van der Waals surface area contributed by atoms with E-state index in [9.17, 15) is 4.79 Å². The largest absolute Gasteiger partial charge is 0.375 e. The Kier molecular flexibility index (Phi) is 7.27. The summed E-state index contributed by atoms with van der Waals surface area (Å²) in [5, 5.41) is 0. The second-order valence-electron chi connectivity index (χ2n) is 6.29. The molecule has 0 bridgehead atoms. The van der Waals surface area contributed by atoms with Crippen LogP contribution in [0.25, 0.3) is 0 Å². The molecular weight excluding hydrogens is 276 g/mol. The number of amides is 1. The normalized spacial score (nSPS) is 33.9. The molecule has 2 aliphatic heterocycles. The number of hydrogen-bond donors (Lipinski definition) is 1. The molecule has 1 amide bonds. The lowest BCUT2D eigenvalue weighted by atomic mass is 9.92. The van der Waals surface area contributed by atoms with E-state index in [0.717, 1.165) is 38.6 Å². The zero-order chi connectivity index (χ0) is 13.8. The number of ether oxygens (including phenoxy) is 1. The predicted octanol–water partition coefficient (Wildman–Crippen LogP) is 2.34. The lowest BCUT2D eigenvalue weighted by molar-refractivity contribution is -0.136. The second-order valence-corrected chi connectivity index (χ2v) is 6.29. The Labute approximate surface area is 128 Å². The van der Waals surface area contributed by atoms with Crippen molar-refractivity contribution < 1.29 is 9.53 Å². The van der Waals surface area contributed by atoms with Crippen molar-refractivity contribution in [3.63, 3.8) is 0 Å². The minimum Gasteiger partial charge on any atom is -0.375 e. The average molecular weight is 305 g/mol. The van der Waals surface area contributed by atoms with Gasteiger partial charge in [0.15, 0.2) is 0 Å². The van der Waals surface area contributed by atoms with Crippen LogP contribution >= 0.6 is 12.4 Å². The first-order chi connectivity index (χ1) is 9.10. The number of carbonyl (C=O) groups is 1. The van der Waals surface area contributed by atoms with Gasteiger partial charge in [0.2, 0.25) is 5.91 Å². The highest BCUT2D eigenvalue weighted by Crippen LogP contribution is 2.25. The number of carbonyl (C=O) groups excluding carboxylic acids is 1. The third kappa shape index (κ3) is 4.61. The molecule has 0 spiro atoms. The Morgan fingerprint density at radius 1 is 1.30 bits per heavy atom. The minimum absolute atomic E-state index is 0. The average Bonchev–Trinajstić information content (AvgIpc) is 2.81. The number of nitrogens with zero attached hydrogens (tertiary/aromatic N) is 1. The molecule has 5 heteroatoms. The van der Waals surface area contributed by atoms with Gasteiger partial charge in [0.25, 0.3) is 0 Å². The lowest BCUT2D eigenvalue weighted by Gasteiger charge is -2.38. The maximum absolute atomic E-state index is 12.3. The Bertz CT molecular complexity index is 314. The monoisotopic (exact) mass is 304 g/mol. The number of piperidine rings is 1. The number of halogens is 1. The van der Waals surface area contributed by atoms with Crippen molar-refractivity contribution in [2.45, 2.75) is 70.6 Å². The van der Waals surface area contributed by atoms with E-state index in [4.69, 9.17) is 10.5 Å². The van der Waals surface area contributed by atoms with Crippen molar-refractivity contribution in [2.24, 2.45) is 11.7 Å². The summed E-state index contributed by atoms with van der Waals surface area (Å²) in [7, 11) is 0. The SMILES string of the molecule is CC1CCN(C(=O)CCC2CCC(C)O2)C(CN)C1.Cl. The van der Waals surface area contributed by atoms with Crippen LogP contribution in [0.3, 0.4) is 0 Å². The third-order valence-electron chi connectivity index (χ3n) is 4.57. The van der Waals surface area contributed by atoms with Crippen LogP contribution in [-0.4, -0.2) is 42.1 Å². The first-order valence-electron chi connectivity index (χ1n) is 7.75. The lowest BCUT2D eigenvalue weighted by Crippen LogP contribution is -2.49. The summed E-state index contributed by atoms with van der Waals surface area (Å²) in [6.45, 7) is 5.83. The van der Waals surface area contributed by atoms with Gasteiger partial charge in [-0.15, -0.1) is 12.4 Å². The van der Waals surface area contributed by atoms with Gasteiger partial charge in [0.1, 0.15) is 0 Å². The van der Waals surface area contributed by atoms with Crippen molar-refractivity contribution in [1.29, 1.82) is 0 Å². The van der Waals surface area contributed by atoms with Crippen LogP contribution in [0.2, 0.25) is 0 Å². The summed E-state index contributed by atoms with van der Waals surface area (Å²) in [4.78, 5) is 14.3. The van der Waals surface area contributed by atoms with Crippen LogP contribution in [-0.2, 0) is 9.53 Å². The van der Waals surface area contributed by atoms with E-state index in [1.807, 2.05) is 4.90 Å². The highest BCUT2D eigenvalue weighted by Gasteiger charge is 2.29. The summed E-state index contributed by atoms with van der Waals surface area (Å²) in [5.74, 6) is 0.960. The zero-order valence-electron chi connectivity index (χ0n) is 12.7. The van der Waals surface area contributed by atoms with E-state index in [2.05, 4.69) is 13.8 Å². The fourth-order valence-electron chi connectivity index (χ4n) is 3.33. The van der Waals surface area contributed by atoms with Crippen LogP contribution < -0.4 is 5.73 Å². The molecule has 0 aromatic heterocycles. The van der Waals surface area contributed by atoms with Crippen LogP contribution in [0.15, 0.2) is 0 Å². The molecule has 118 valence electrons. The van der Waals surface area contributed by atoms with E-state index in [1.54, 1.807) is 0 Å². The number of rotatable bonds is 4. The van der Waals surface area contributed by atoms with Crippen molar-refractivity contribution >= 4 is 18.3 Å². The third-order valence-corrected chi connectivity index (χ3v) is 4.57. The molecule has 4 unspecified atom stereocenters. The van der Waals surface area contributed by atoms with Gasteiger partial charge in [0, 0.05) is 25.6 Å². The molecule has 0 aliphatic carbocycles. The maximum atomic E-state index is 12.3. The molecule has 4 atom stereocenters. The summed E-state index contributed by atoms with van der Waals surface area (Å²) >= 11 is 0. The Morgan fingerprint density at radius 2 is 2.05 bits per heavy atom. The first-order valence-corrected chi connectivity index (χ1v) is 7.75. The molecule has 0 aromatic carbocycles. The molecule has 0 aromatic rings. The fourth-order valence-corrected chi connectivity index (χ4v) is 3.33. The molecule has 4 nitrogen and oxygen atoms in total. The molecule has 0 radical (unpaired) electrons. The summed E-state index contributed by atoms with van der Waals surface area (Å²) < 4.78 is 5.77. The Hall–Kier alpha value is -0.320. The van der Waals surface area contributed by atoms with Crippen LogP contribution in [0.5, 0.6) is 0 Å². The molecule has 2 heterocycles. The van der Waals surface area contributed by atoms with Gasteiger partial charge in [-0.1, -0.05) is 6.92 Å². The first kappa shape index (κ1) is 17.7. The zero-order valence-corrected chi connectivity index (χ0v) is 13.5. The van der Waals surface area contributed by atoms with Crippen LogP contribution in [0, 0.1) is 5.92 Å². The summed E-state index contributed by atoms with van der Waals surface area (Å²) in [5.41, 5.74) is 5.81. The Balaban J connectivity index is 0.00000200. The highest BCUT2D eigenvalue weighted by atomic mass is 35.5. The standard InChI is InChI=1S/C15H28N2O2.ClH/c1-11-7-8-17(13(9-11)10-16)15(18)6-5-14-4-3-12(2)19-14;/h11-14H,3-10,16H2,1-2H3;1H. The van der Waals surface area contributed by atoms with Crippen molar-refractivity contribution in [3.8, 4) is 0 Å². The molecule has 2 saturated heterocycles. The smallest absolute Gasteiger partial charge is 0.222 e. The summed E-state index contributed by atoms with van der Waals surface area (Å²) in [6.07, 6.45) is 6.54. The molecule has 2 N–H and O–H groups in total. The molecule has 2 fully saturated rings. The van der Waals surface area contributed by atoms with Crippen LogP contribution in [0.4, 0.5) is 0 Å². The molecule has 0 saturated carbocycles. The number of likely N-dealkylation sites (tertiary alicyclic amines) is 1. The van der Waals surface area contributed by atoms with Gasteiger partial charge in [-0.25, -0.2) is 0 Å². The molecule has 2 aliphatic rings. The van der Waals surface area contributed by atoms with E-state index >= 15 is 0 Å². The van der Waals surface area contributed by atoms with Gasteiger partial charge < -0.3 is 15.4 Å². The van der Waals surface area contributed by atoms with Crippen molar-refractivity contribution in [1.82, 2.24) is 4.90 Å². The second kappa shape index (κ2) is 8.20. The van der Waals surface area contributed by atoms with Crippen molar-refractivity contribution in [2.75, 3.05) is 13.1 Å². The topological polar surface area (TPSA) is 55.6 Å². The number of nitrogens with two attached hydrogens (primary N) is 1. The highest BCUT2D eigenvalue weighted by molar-refractivity contribution is 5.85. The van der Waals surface area contributed by atoms with Gasteiger partial charge in [-0.05, 0) is 44.9 Å². The summed E-state index contributed by atoms with van der Waals surface area (Å²) in [6, 6.07) is 0.250. The Morgan fingerprint density at radius 3 is 2.65 bits per heavy atom.